The Kier molecular flexibility index (Phi) is 7.46. The number of nitrogen functional groups attached to an aromatic ring is 1. The van der Waals surface area contributed by atoms with Crippen LogP contribution in [0.25, 0.3) is 0 Å². The molecule has 0 saturated heterocycles. The number of hydrogen-bond donors (Lipinski definition) is 3. The van der Waals surface area contributed by atoms with Crippen molar-refractivity contribution in [1.29, 1.82) is 0 Å². The van der Waals surface area contributed by atoms with Crippen LogP contribution in [0.4, 0.5) is 5.69 Å². The van der Waals surface area contributed by atoms with Gasteiger partial charge in [0.1, 0.15) is 11.5 Å². The van der Waals surface area contributed by atoms with E-state index in [-0.39, 0.29) is 22.1 Å². The maximum atomic E-state index is 11.7. The number of hydrogen-bond acceptors (Lipinski definition) is 5. The van der Waals surface area contributed by atoms with Crippen LogP contribution in [-0.2, 0) is 4.57 Å². The van der Waals surface area contributed by atoms with E-state index in [0.717, 1.165) is 0 Å². The lowest BCUT2D eigenvalue weighted by atomic mass is 10.2. The van der Waals surface area contributed by atoms with Crippen LogP contribution in [-0.4, -0.2) is 16.0 Å². The fraction of sp³-hybridized carbons (Fsp3) is 0. The van der Waals surface area contributed by atoms with Gasteiger partial charge in [-0.25, -0.2) is 9.36 Å². The average molecular weight is 422 g/mol. The molecular formula is C19H17ClNO6P. The van der Waals surface area contributed by atoms with Crippen LogP contribution in [0.3, 0.4) is 0 Å². The van der Waals surface area contributed by atoms with Crippen molar-refractivity contribution in [2.75, 3.05) is 5.73 Å². The Morgan fingerprint density at radius 2 is 1.36 bits per heavy atom. The van der Waals surface area contributed by atoms with Gasteiger partial charge in [-0.3, -0.25) is 4.89 Å². The van der Waals surface area contributed by atoms with Gasteiger partial charge in [0.15, 0.2) is 0 Å². The van der Waals surface area contributed by atoms with E-state index in [1.807, 2.05) is 0 Å². The molecule has 0 radical (unpaired) electrons. The molecule has 0 spiro atoms. The van der Waals surface area contributed by atoms with Crippen LogP contribution >= 0.6 is 19.4 Å². The number of rotatable bonds is 5. The van der Waals surface area contributed by atoms with Gasteiger partial charge in [0.2, 0.25) is 0 Å². The predicted octanol–water partition coefficient (Wildman–Crippen LogP) is 4.87. The van der Waals surface area contributed by atoms with Gasteiger partial charge in [0.05, 0.1) is 10.6 Å². The molecule has 28 heavy (non-hydrogen) atoms. The van der Waals surface area contributed by atoms with Crippen molar-refractivity contribution in [2.24, 2.45) is 0 Å². The Bertz CT molecular complexity index is 923. The molecule has 3 aromatic carbocycles. The second-order valence-corrected chi connectivity index (χ2v) is 7.03. The molecule has 0 heterocycles. The molecule has 0 bridgehead atoms. The standard InChI is InChI=1S/C12H11O4P.C7H6ClNO2/c13-17(14,15-11-7-3-1-4-8-11)16-12-9-5-2-6-10-12;8-6-3-4(9)1-2-5(6)7(10)11/h1-10H,(H,13,14);1-3H,9H2,(H,10,11). The SMILES string of the molecule is Nc1ccc(C(=O)O)c(Cl)c1.O=P(O)(Oc1ccccc1)Oc1ccccc1. The fourth-order valence-corrected chi connectivity index (χ4v) is 3.04. The number of carbonyl (C=O) groups is 1. The van der Waals surface area contributed by atoms with E-state index in [0.29, 0.717) is 5.69 Å². The Hall–Kier alpha value is -2.99. The summed E-state index contributed by atoms with van der Waals surface area (Å²) in [7, 11) is -4.14. The third-order valence-corrected chi connectivity index (χ3v) is 4.35. The molecule has 0 amide bonds. The number of phosphoric acid groups is 1. The second kappa shape index (κ2) is 9.80. The Labute approximate surface area is 166 Å². The molecule has 0 aromatic heterocycles. The van der Waals surface area contributed by atoms with Gasteiger partial charge in [0, 0.05) is 5.69 Å². The summed E-state index contributed by atoms with van der Waals surface area (Å²) >= 11 is 5.56. The molecule has 7 nitrogen and oxygen atoms in total. The van der Waals surface area contributed by atoms with E-state index < -0.39 is 13.8 Å². The molecule has 3 rings (SSSR count). The van der Waals surface area contributed by atoms with E-state index in [2.05, 4.69) is 0 Å². The first-order valence-electron chi connectivity index (χ1n) is 7.87. The zero-order valence-electron chi connectivity index (χ0n) is 14.4. The lowest BCUT2D eigenvalue weighted by Crippen LogP contribution is -1.99. The summed E-state index contributed by atoms with van der Waals surface area (Å²) in [6.45, 7) is 0. The number of halogens is 1. The molecular weight excluding hydrogens is 405 g/mol. The fourth-order valence-electron chi connectivity index (χ4n) is 1.95. The van der Waals surface area contributed by atoms with Gasteiger partial charge in [-0.1, -0.05) is 48.0 Å². The highest BCUT2D eigenvalue weighted by molar-refractivity contribution is 7.48. The first kappa shape index (κ1) is 21.3. The maximum absolute atomic E-state index is 11.7. The number of nitrogens with two attached hydrogens (primary N) is 1. The topological polar surface area (TPSA) is 119 Å². The van der Waals surface area contributed by atoms with Gasteiger partial charge in [-0.05, 0) is 42.5 Å². The summed E-state index contributed by atoms with van der Waals surface area (Å²) in [6, 6.07) is 21.0. The van der Waals surface area contributed by atoms with Crippen molar-refractivity contribution < 1.29 is 28.4 Å². The van der Waals surface area contributed by atoms with Crippen LogP contribution in [0.2, 0.25) is 5.02 Å². The van der Waals surface area contributed by atoms with E-state index >= 15 is 0 Å². The zero-order valence-corrected chi connectivity index (χ0v) is 16.1. The summed E-state index contributed by atoms with van der Waals surface area (Å²) in [5.74, 6) is -0.474. The summed E-state index contributed by atoms with van der Waals surface area (Å²) in [4.78, 5) is 19.9. The molecule has 9 heteroatoms. The minimum atomic E-state index is -4.14. The molecule has 0 aliphatic carbocycles. The quantitative estimate of drug-likeness (QED) is 0.397. The van der Waals surface area contributed by atoms with Gasteiger partial charge < -0.3 is 19.9 Å². The van der Waals surface area contributed by atoms with Gasteiger partial charge in [-0.15, -0.1) is 0 Å². The molecule has 3 aromatic rings. The summed E-state index contributed by atoms with van der Waals surface area (Å²) < 4.78 is 21.5. The van der Waals surface area contributed by atoms with Crippen LogP contribution in [0, 0.1) is 0 Å². The molecule has 0 aliphatic rings. The second-order valence-electron chi connectivity index (χ2n) is 5.32. The van der Waals surface area contributed by atoms with Crippen molar-refractivity contribution in [3.63, 3.8) is 0 Å². The number of carboxylic acids is 1. The van der Waals surface area contributed by atoms with Crippen LogP contribution in [0.1, 0.15) is 10.4 Å². The predicted molar refractivity (Wildman–Crippen MR) is 107 cm³/mol. The first-order valence-corrected chi connectivity index (χ1v) is 9.74. The van der Waals surface area contributed by atoms with Gasteiger partial charge >= 0.3 is 13.8 Å². The van der Waals surface area contributed by atoms with E-state index in [1.54, 1.807) is 60.7 Å². The van der Waals surface area contributed by atoms with Crippen molar-refractivity contribution >= 4 is 31.1 Å². The summed E-state index contributed by atoms with van der Waals surface area (Å²) in [5.41, 5.74) is 5.88. The molecule has 0 fully saturated rings. The zero-order chi connectivity index (χ0) is 20.6. The van der Waals surface area contributed by atoms with Gasteiger partial charge in [0.25, 0.3) is 0 Å². The van der Waals surface area contributed by atoms with Crippen molar-refractivity contribution in [3.8, 4) is 11.5 Å². The molecule has 0 aliphatic heterocycles. The minimum absolute atomic E-state index is 0.0702. The van der Waals surface area contributed by atoms with Crippen molar-refractivity contribution in [3.05, 3.63) is 89.4 Å². The van der Waals surface area contributed by atoms with Crippen LogP contribution in [0.5, 0.6) is 11.5 Å². The van der Waals surface area contributed by atoms with Crippen LogP contribution in [0.15, 0.2) is 78.9 Å². The lowest BCUT2D eigenvalue weighted by molar-refractivity contribution is 0.0697. The first-order chi connectivity index (χ1) is 13.3. The Balaban J connectivity index is 0.000000221. The smallest absolute Gasteiger partial charge is 0.478 e. The molecule has 4 N–H and O–H groups in total. The average Bonchev–Trinajstić information content (AvgIpc) is 2.62. The lowest BCUT2D eigenvalue weighted by Gasteiger charge is -2.13. The number of carboxylic acid groups (broad SMARTS) is 1. The van der Waals surface area contributed by atoms with Crippen LogP contribution < -0.4 is 14.8 Å². The number of aromatic carboxylic acids is 1. The number of benzene rings is 3. The Morgan fingerprint density at radius 3 is 1.75 bits per heavy atom. The Morgan fingerprint density at radius 1 is 0.893 bits per heavy atom. The molecule has 0 unspecified atom stereocenters. The summed E-state index contributed by atoms with van der Waals surface area (Å²) in [6.07, 6.45) is 0. The van der Waals surface area contributed by atoms with E-state index in [9.17, 15) is 14.3 Å². The number of phosphoric ester groups is 1. The third-order valence-electron chi connectivity index (χ3n) is 3.15. The van der Waals surface area contributed by atoms with E-state index in [4.69, 9.17) is 31.5 Å². The monoisotopic (exact) mass is 421 g/mol. The van der Waals surface area contributed by atoms with Crippen molar-refractivity contribution in [1.82, 2.24) is 0 Å². The summed E-state index contributed by atoms with van der Waals surface area (Å²) in [5, 5.41) is 8.70. The van der Waals surface area contributed by atoms with Gasteiger partial charge in [-0.2, -0.15) is 0 Å². The third kappa shape index (κ3) is 6.96. The largest absolute Gasteiger partial charge is 0.584 e. The molecule has 0 atom stereocenters. The van der Waals surface area contributed by atoms with E-state index in [1.165, 1.54) is 18.2 Å². The highest BCUT2D eigenvalue weighted by Gasteiger charge is 2.24. The molecule has 146 valence electrons. The molecule has 0 saturated carbocycles. The normalized spacial score (nSPS) is 10.4. The highest BCUT2D eigenvalue weighted by Crippen LogP contribution is 2.44. The highest BCUT2D eigenvalue weighted by atomic mass is 35.5. The maximum Gasteiger partial charge on any atom is 0.584 e. The van der Waals surface area contributed by atoms with Crippen molar-refractivity contribution in [2.45, 2.75) is 0 Å². The number of para-hydroxylation sites is 2. The minimum Gasteiger partial charge on any atom is -0.478 e. The number of anilines is 1.